The molecule has 0 heterocycles. The van der Waals surface area contributed by atoms with Crippen LogP contribution in [0.25, 0.3) is 0 Å². The van der Waals surface area contributed by atoms with Crippen molar-refractivity contribution >= 4 is 33.7 Å². The number of hydrogen-bond acceptors (Lipinski definition) is 6. The minimum atomic E-state index is -1.62. The predicted molar refractivity (Wildman–Crippen MR) is 88.1 cm³/mol. The molecule has 0 bridgehead atoms. The standard InChI is InChI=1S/C17H19BrO6/c1-17(22)8-11(19)13(15(20)23-2)12(14(17)16(21)24-3)9-5-4-6-10(18)7-9/h4-7,12-14,22H,8H2,1-3H3/t12-,13-,14+,17+/m0/s1. The molecule has 6 nitrogen and oxygen atoms in total. The zero-order chi connectivity index (χ0) is 18.1. The summed E-state index contributed by atoms with van der Waals surface area (Å²) in [4.78, 5) is 37.1. The topological polar surface area (TPSA) is 89.9 Å². The van der Waals surface area contributed by atoms with Crippen molar-refractivity contribution in [2.24, 2.45) is 11.8 Å². The third kappa shape index (κ3) is 3.37. The van der Waals surface area contributed by atoms with Crippen LogP contribution in [0, 0.1) is 11.8 Å². The maximum atomic E-state index is 12.5. The molecule has 0 radical (unpaired) electrons. The minimum absolute atomic E-state index is 0.322. The van der Waals surface area contributed by atoms with E-state index >= 15 is 0 Å². The van der Waals surface area contributed by atoms with E-state index in [0.717, 1.165) is 4.47 Å². The number of aliphatic hydroxyl groups is 1. The molecule has 1 saturated carbocycles. The van der Waals surface area contributed by atoms with Crippen molar-refractivity contribution in [2.45, 2.75) is 24.9 Å². The van der Waals surface area contributed by atoms with E-state index in [4.69, 9.17) is 9.47 Å². The smallest absolute Gasteiger partial charge is 0.316 e. The van der Waals surface area contributed by atoms with Gasteiger partial charge in [-0.15, -0.1) is 0 Å². The van der Waals surface area contributed by atoms with Crippen LogP contribution < -0.4 is 0 Å². The number of ketones is 1. The highest BCUT2D eigenvalue weighted by Gasteiger charge is 2.56. The van der Waals surface area contributed by atoms with Crippen LogP contribution in [0.5, 0.6) is 0 Å². The number of carbonyl (C=O) groups excluding carboxylic acids is 3. The van der Waals surface area contributed by atoms with Crippen LogP contribution in [0.15, 0.2) is 28.7 Å². The average molecular weight is 399 g/mol. The molecule has 1 aliphatic rings. The van der Waals surface area contributed by atoms with E-state index in [1.165, 1.54) is 21.1 Å². The van der Waals surface area contributed by atoms with Crippen molar-refractivity contribution in [1.82, 2.24) is 0 Å². The number of hydrogen-bond donors (Lipinski definition) is 1. The summed E-state index contributed by atoms with van der Waals surface area (Å²) < 4.78 is 10.3. The number of Topliss-reactive ketones (excluding diaryl/α,β-unsaturated/α-hetero) is 1. The van der Waals surface area contributed by atoms with E-state index in [1.54, 1.807) is 24.3 Å². The molecule has 0 aliphatic heterocycles. The number of rotatable bonds is 3. The third-order valence-electron chi connectivity index (χ3n) is 4.41. The first-order valence-electron chi connectivity index (χ1n) is 7.39. The first-order valence-corrected chi connectivity index (χ1v) is 8.18. The second kappa shape index (κ2) is 7.03. The van der Waals surface area contributed by atoms with Crippen molar-refractivity contribution < 1.29 is 29.0 Å². The van der Waals surface area contributed by atoms with Gasteiger partial charge in [0.25, 0.3) is 0 Å². The molecule has 2 rings (SSSR count). The molecule has 1 aliphatic carbocycles. The summed E-state index contributed by atoms with van der Waals surface area (Å²) in [7, 11) is 2.40. The molecule has 4 atom stereocenters. The maximum Gasteiger partial charge on any atom is 0.316 e. The van der Waals surface area contributed by atoms with Gasteiger partial charge in [-0.3, -0.25) is 14.4 Å². The Morgan fingerprint density at radius 1 is 1.25 bits per heavy atom. The van der Waals surface area contributed by atoms with Gasteiger partial charge in [0.05, 0.1) is 25.7 Å². The number of carbonyl (C=O) groups is 3. The first-order chi connectivity index (χ1) is 11.2. The Balaban J connectivity index is 2.65. The highest BCUT2D eigenvalue weighted by molar-refractivity contribution is 9.10. The summed E-state index contributed by atoms with van der Waals surface area (Å²) >= 11 is 3.34. The number of benzene rings is 1. The van der Waals surface area contributed by atoms with Gasteiger partial charge in [-0.25, -0.2) is 0 Å². The van der Waals surface area contributed by atoms with Crippen LogP contribution in [0.1, 0.15) is 24.8 Å². The highest BCUT2D eigenvalue weighted by atomic mass is 79.9. The van der Waals surface area contributed by atoms with Gasteiger partial charge in [0.1, 0.15) is 5.92 Å². The van der Waals surface area contributed by atoms with Gasteiger partial charge in [-0.05, 0) is 24.6 Å². The number of ether oxygens (including phenoxy) is 2. The summed E-state index contributed by atoms with van der Waals surface area (Å²) in [5.41, 5.74) is -1.05. The van der Waals surface area contributed by atoms with E-state index in [9.17, 15) is 19.5 Å². The van der Waals surface area contributed by atoms with Gasteiger partial charge in [0, 0.05) is 16.8 Å². The number of methoxy groups -OCH3 is 2. The lowest BCUT2D eigenvalue weighted by atomic mass is 9.62. The summed E-state index contributed by atoms with van der Waals surface area (Å²) in [6, 6.07) is 6.93. The van der Waals surface area contributed by atoms with Gasteiger partial charge in [0.2, 0.25) is 0 Å². The molecule has 0 unspecified atom stereocenters. The molecule has 0 saturated heterocycles. The second-order valence-electron chi connectivity index (χ2n) is 6.08. The molecule has 0 aromatic heterocycles. The molecular formula is C17H19BrO6. The quantitative estimate of drug-likeness (QED) is 0.616. The van der Waals surface area contributed by atoms with Gasteiger partial charge in [-0.1, -0.05) is 28.1 Å². The molecule has 1 aromatic carbocycles. The first kappa shape index (κ1) is 18.6. The number of halogens is 1. The van der Waals surface area contributed by atoms with Crippen molar-refractivity contribution in [3.8, 4) is 0 Å². The summed E-state index contributed by atoms with van der Waals surface area (Å²) in [6.07, 6.45) is -0.322. The lowest BCUT2D eigenvalue weighted by Gasteiger charge is -2.43. The zero-order valence-corrected chi connectivity index (χ0v) is 15.2. The Bertz CT molecular complexity index is 669. The fourth-order valence-electron chi connectivity index (χ4n) is 3.38. The lowest BCUT2D eigenvalue weighted by Crippen LogP contribution is -2.55. The summed E-state index contributed by atoms with van der Waals surface area (Å²) in [5, 5.41) is 10.7. The molecule has 0 amide bonds. The Morgan fingerprint density at radius 2 is 1.88 bits per heavy atom. The van der Waals surface area contributed by atoms with Crippen molar-refractivity contribution in [3.05, 3.63) is 34.3 Å². The molecule has 130 valence electrons. The monoisotopic (exact) mass is 398 g/mol. The fraction of sp³-hybridized carbons (Fsp3) is 0.471. The summed E-state index contributed by atoms with van der Waals surface area (Å²) in [6.45, 7) is 1.41. The fourth-order valence-corrected chi connectivity index (χ4v) is 3.80. The maximum absolute atomic E-state index is 12.5. The van der Waals surface area contributed by atoms with Crippen molar-refractivity contribution in [2.75, 3.05) is 14.2 Å². The van der Waals surface area contributed by atoms with E-state index in [2.05, 4.69) is 15.9 Å². The highest BCUT2D eigenvalue weighted by Crippen LogP contribution is 2.46. The second-order valence-corrected chi connectivity index (χ2v) is 7.00. The minimum Gasteiger partial charge on any atom is -0.469 e. The molecule has 0 spiro atoms. The Labute approximate surface area is 148 Å². The van der Waals surface area contributed by atoms with Gasteiger partial charge in [-0.2, -0.15) is 0 Å². The van der Waals surface area contributed by atoms with E-state index in [-0.39, 0.29) is 6.42 Å². The normalized spacial score (nSPS) is 29.9. The van der Waals surface area contributed by atoms with Crippen LogP contribution in [0.4, 0.5) is 0 Å². The molecule has 7 heteroatoms. The lowest BCUT2D eigenvalue weighted by molar-refractivity contribution is -0.170. The molecule has 1 aromatic rings. The number of esters is 2. The Morgan fingerprint density at radius 3 is 2.42 bits per heavy atom. The van der Waals surface area contributed by atoms with Crippen LogP contribution in [-0.2, 0) is 23.9 Å². The van der Waals surface area contributed by atoms with E-state index in [0.29, 0.717) is 5.56 Å². The molecule has 1 N–H and O–H groups in total. The summed E-state index contributed by atoms with van der Waals surface area (Å²) in [5.74, 6) is -4.98. The van der Waals surface area contributed by atoms with Crippen LogP contribution >= 0.6 is 15.9 Å². The van der Waals surface area contributed by atoms with Crippen LogP contribution in [0.3, 0.4) is 0 Å². The third-order valence-corrected chi connectivity index (χ3v) is 4.90. The van der Waals surface area contributed by atoms with Gasteiger partial charge < -0.3 is 14.6 Å². The van der Waals surface area contributed by atoms with Crippen molar-refractivity contribution in [3.63, 3.8) is 0 Å². The predicted octanol–water partition coefficient (Wildman–Crippen LogP) is 1.83. The van der Waals surface area contributed by atoms with Gasteiger partial charge >= 0.3 is 11.9 Å². The molecule has 1 fully saturated rings. The van der Waals surface area contributed by atoms with Crippen molar-refractivity contribution in [1.29, 1.82) is 0 Å². The largest absolute Gasteiger partial charge is 0.469 e. The average Bonchev–Trinajstić information content (AvgIpc) is 2.52. The molecule has 24 heavy (non-hydrogen) atoms. The van der Waals surface area contributed by atoms with E-state index < -0.39 is 41.1 Å². The zero-order valence-electron chi connectivity index (χ0n) is 13.6. The Kier molecular flexibility index (Phi) is 5.45. The SMILES string of the molecule is COC(=O)[C@H]1C(=O)C[C@@](C)(O)[C@@H](C(=O)OC)[C@H]1c1cccc(Br)c1. The Hall–Kier alpha value is -1.73. The van der Waals surface area contributed by atoms with E-state index in [1.807, 2.05) is 0 Å². The van der Waals surface area contributed by atoms with Crippen LogP contribution in [0.2, 0.25) is 0 Å². The molecular weight excluding hydrogens is 380 g/mol. The van der Waals surface area contributed by atoms with Crippen LogP contribution in [-0.4, -0.2) is 42.6 Å². The van der Waals surface area contributed by atoms with Gasteiger partial charge in [0.15, 0.2) is 5.78 Å².